The maximum atomic E-state index is 11.0. The monoisotopic (exact) mass is 328 g/mol. The van der Waals surface area contributed by atoms with Gasteiger partial charge in [0.2, 0.25) is 0 Å². The third kappa shape index (κ3) is 1.69. The number of hydrogen-bond donors (Lipinski definition) is 0. The number of rotatable bonds is 1. The molecule has 0 saturated heterocycles. The van der Waals surface area contributed by atoms with Crippen LogP contribution in [0.5, 0.6) is 0 Å². The number of ketones is 1. The third-order valence-corrected chi connectivity index (χ3v) is 3.83. The second kappa shape index (κ2) is 3.47. The first kappa shape index (κ1) is 8.89. The Hall–Kier alpha value is -0.198. The molecule has 1 rings (SSSR count). The van der Waals surface area contributed by atoms with E-state index in [1.54, 1.807) is 0 Å². The van der Waals surface area contributed by atoms with E-state index in [1.807, 2.05) is 0 Å². The number of ether oxygens (including phenoxy) is 1. The van der Waals surface area contributed by atoms with Gasteiger partial charge in [-0.1, -0.05) is 0 Å². The molecule has 0 spiro atoms. The number of Topliss-reactive ketones (excluding diaryl/α,β-unsaturated/α-hetero) is 1. The Balaban J connectivity index is 2.61. The third-order valence-electron chi connectivity index (χ3n) is 1.87. The van der Waals surface area contributed by atoms with Gasteiger partial charge in [-0.15, -0.1) is 0 Å². The predicted molar refractivity (Wildman–Crippen MR) is 33.5 cm³/mol. The first-order valence-corrected chi connectivity index (χ1v) is 4.98. The number of esters is 1. The van der Waals surface area contributed by atoms with Gasteiger partial charge in [-0.05, 0) is 0 Å². The molecule has 4 heteroatoms. The van der Waals surface area contributed by atoms with Crippen LogP contribution in [0.15, 0.2) is 0 Å². The molecule has 0 N–H and O–H groups in total. The van der Waals surface area contributed by atoms with Crippen molar-refractivity contribution >= 4 is 11.8 Å². The average Bonchev–Trinajstić information content (AvgIpc) is 2.32. The van der Waals surface area contributed by atoms with Crippen molar-refractivity contribution in [1.29, 1.82) is 0 Å². The summed E-state index contributed by atoms with van der Waals surface area (Å²) in [5, 5.41) is 0. The van der Waals surface area contributed by atoms with Crippen molar-refractivity contribution in [3.63, 3.8) is 0 Å². The fraction of sp³-hybridized carbons (Fsp3) is 0.714. The Morgan fingerprint density at radius 3 is 2.73 bits per heavy atom. The number of carbonyl (C=O) groups excluding carboxylic acids is 2. The summed E-state index contributed by atoms with van der Waals surface area (Å²) in [6, 6.07) is 0. The van der Waals surface area contributed by atoms with Crippen molar-refractivity contribution in [3.8, 4) is 0 Å². The molecule has 1 aliphatic rings. The van der Waals surface area contributed by atoms with Crippen molar-refractivity contribution in [2.45, 2.75) is 17.2 Å². The molecular weight excluding hydrogens is 318 g/mol. The van der Waals surface area contributed by atoms with Gasteiger partial charge in [0, 0.05) is 0 Å². The van der Waals surface area contributed by atoms with Crippen LogP contribution in [-0.4, -0.2) is 18.9 Å². The van der Waals surface area contributed by atoms with Gasteiger partial charge < -0.3 is 0 Å². The molecule has 0 radical (unpaired) electrons. The quantitative estimate of drug-likeness (QED) is 0.658. The molecule has 1 fully saturated rings. The topological polar surface area (TPSA) is 43.4 Å². The molecule has 2 atom stereocenters. The van der Waals surface area contributed by atoms with Gasteiger partial charge in [0.1, 0.15) is 0 Å². The van der Waals surface area contributed by atoms with Crippen molar-refractivity contribution in [2.75, 3.05) is 7.11 Å². The maximum absolute atomic E-state index is 11.0. The van der Waals surface area contributed by atoms with Gasteiger partial charge in [-0.25, -0.2) is 0 Å². The molecule has 0 aromatic rings. The van der Waals surface area contributed by atoms with Gasteiger partial charge in [0.15, 0.2) is 0 Å². The molecule has 62 valence electrons. The zero-order chi connectivity index (χ0) is 8.43. The standard InChI is InChI=1S/C7H9O3.Re/c1-10-7(9)5-2-3-6(8)4-5;/h4-5H,2-3H2,1H3;/t5-;/m1./s1. The van der Waals surface area contributed by atoms with E-state index in [-0.39, 0.29) is 22.1 Å². The van der Waals surface area contributed by atoms with Crippen LogP contribution < -0.4 is 0 Å². The summed E-state index contributed by atoms with van der Waals surface area (Å²) >= 11 is 1.38. The van der Waals surface area contributed by atoms with E-state index >= 15 is 0 Å². The van der Waals surface area contributed by atoms with E-state index in [4.69, 9.17) is 0 Å². The van der Waals surface area contributed by atoms with Crippen molar-refractivity contribution in [3.05, 3.63) is 0 Å². The Morgan fingerprint density at radius 2 is 2.36 bits per heavy atom. The van der Waals surface area contributed by atoms with E-state index in [0.717, 1.165) is 0 Å². The summed E-state index contributed by atoms with van der Waals surface area (Å²) in [5.41, 5.74) is 0. The summed E-state index contributed by atoms with van der Waals surface area (Å²) in [6.45, 7) is 0. The van der Waals surface area contributed by atoms with Crippen LogP contribution >= 0.6 is 0 Å². The van der Waals surface area contributed by atoms with E-state index < -0.39 is 0 Å². The van der Waals surface area contributed by atoms with E-state index in [2.05, 4.69) is 4.74 Å². The van der Waals surface area contributed by atoms with E-state index in [1.165, 1.54) is 26.3 Å². The Bertz CT molecular complexity index is 190. The summed E-state index contributed by atoms with van der Waals surface area (Å²) in [4.78, 5) is 22.0. The number of hydrogen-bond acceptors (Lipinski definition) is 3. The Morgan fingerprint density at radius 1 is 1.73 bits per heavy atom. The van der Waals surface area contributed by atoms with E-state index in [0.29, 0.717) is 12.8 Å². The summed E-state index contributed by atoms with van der Waals surface area (Å²) in [5.74, 6) is -0.190. The number of carbonyl (C=O) groups is 2. The Kier molecular flexibility index (Phi) is 2.80. The zero-order valence-electron chi connectivity index (χ0n) is 6.17. The summed E-state index contributed by atoms with van der Waals surface area (Å²) < 4.78 is 4.49. The molecule has 0 aliphatic heterocycles. The molecule has 0 aromatic heterocycles. The van der Waals surface area contributed by atoms with Crippen molar-refractivity contribution in [2.24, 2.45) is 5.92 Å². The van der Waals surface area contributed by atoms with Crippen LogP contribution in [0.3, 0.4) is 0 Å². The second-order valence-electron chi connectivity index (χ2n) is 2.54. The SMILES string of the molecule is COC(=O)[C@@H]1CCC(=O)[C@H]1[Re]. The number of methoxy groups -OCH3 is 1. The molecule has 1 aliphatic carbocycles. The minimum atomic E-state index is -0.233. The summed E-state index contributed by atoms with van der Waals surface area (Å²) in [6.07, 6.45) is 1.22. The van der Waals surface area contributed by atoms with Gasteiger partial charge in [0.05, 0.1) is 0 Å². The minimum absolute atomic E-state index is 0.0811. The molecule has 1 saturated carbocycles. The van der Waals surface area contributed by atoms with Crippen LogP contribution in [0.25, 0.3) is 0 Å². The van der Waals surface area contributed by atoms with Gasteiger partial charge in [0.25, 0.3) is 0 Å². The average molecular weight is 327 g/mol. The van der Waals surface area contributed by atoms with Crippen molar-refractivity contribution in [1.82, 2.24) is 0 Å². The van der Waals surface area contributed by atoms with Crippen LogP contribution in [-0.2, 0) is 33.5 Å². The first-order valence-electron chi connectivity index (χ1n) is 3.41. The zero-order valence-corrected chi connectivity index (χ0v) is 8.89. The molecule has 3 nitrogen and oxygen atoms in total. The first-order chi connectivity index (χ1) is 5.16. The fourth-order valence-electron chi connectivity index (χ4n) is 1.20. The normalized spacial score (nSPS) is 30.5. The molecule has 0 aromatic carbocycles. The van der Waals surface area contributed by atoms with Gasteiger partial charge >= 0.3 is 75.5 Å². The van der Waals surface area contributed by atoms with E-state index in [9.17, 15) is 9.59 Å². The second-order valence-corrected chi connectivity index (χ2v) is 4.23. The van der Waals surface area contributed by atoms with Crippen LogP contribution in [0.2, 0.25) is 4.39 Å². The molecule has 0 amide bonds. The molecule has 0 bridgehead atoms. The molecule has 0 heterocycles. The summed E-state index contributed by atoms with van der Waals surface area (Å²) in [7, 11) is 1.37. The van der Waals surface area contributed by atoms with Crippen LogP contribution in [0, 0.1) is 5.92 Å². The van der Waals surface area contributed by atoms with Gasteiger partial charge in [-0.3, -0.25) is 0 Å². The molecular formula is C7H9O3Re. The van der Waals surface area contributed by atoms with Crippen molar-refractivity contribution < 1.29 is 33.5 Å². The molecule has 11 heavy (non-hydrogen) atoms. The predicted octanol–water partition coefficient (Wildman–Crippen LogP) is 0.474. The fourth-order valence-corrected chi connectivity index (χ4v) is 2.41. The molecule has 0 unspecified atom stereocenters. The van der Waals surface area contributed by atoms with Crippen LogP contribution in [0.1, 0.15) is 12.8 Å². The van der Waals surface area contributed by atoms with Crippen LogP contribution in [0.4, 0.5) is 0 Å². The van der Waals surface area contributed by atoms with Gasteiger partial charge in [-0.2, -0.15) is 0 Å². The Labute approximate surface area is 75.9 Å².